The molecule has 2 aliphatic rings. The van der Waals surface area contributed by atoms with Gasteiger partial charge in [0.05, 0.1) is 0 Å². The van der Waals surface area contributed by atoms with Gasteiger partial charge in [-0.1, -0.05) is 19.8 Å². The largest absolute Gasteiger partial charge is 0.327 e. The molecule has 0 aliphatic heterocycles. The van der Waals surface area contributed by atoms with E-state index in [9.17, 15) is 0 Å². The van der Waals surface area contributed by atoms with E-state index in [0.29, 0.717) is 6.04 Å². The first-order chi connectivity index (χ1) is 6.77. The summed E-state index contributed by atoms with van der Waals surface area (Å²) in [4.78, 5) is 0. The highest BCUT2D eigenvalue weighted by molar-refractivity contribution is 7.99. The third kappa shape index (κ3) is 2.46. The minimum Gasteiger partial charge on any atom is -0.327 e. The van der Waals surface area contributed by atoms with Gasteiger partial charge < -0.3 is 5.73 Å². The van der Waals surface area contributed by atoms with Crippen molar-refractivity contribution >= 4 is 11.8 Å². The van der Waals surface area contributed by atoms with Crippen molar-refractivity contribution in [1.82, 2.24) is 0 Å². The van der Waals surface area contributed by atoms with Crippen LogP contribution >= 0.6 is 11.8 Å². The lowest BCUT2D eigenvalue weighted by Gasteiger charge is -2.19. The van der Waals surface area contributed by atoms with Crippen molar-refractivity contribution in [2.75, 3.05) is 5.75 Å². The molecule has 0 saturated heterocycles. The molecule has 2 rings (SSSR count). The molecule has 2 N–H and O–H groups in total. The van der Waals surface area contributed by atoms with Crippen LogP contribution in [0.5, 0.6) is 0 Å². The van der Waals surface area contributed by atoms with Gasteiger partial charge in [0.25, 0.3) is 0 Å². The summed E-state index contributed by atoms with van der Waals surface area (Å²) in [6, 6.07) is 0.482. The Bertz CT molecular complexity index is 177. The maximum atomic E-state index is 6.04. The Morgan fingerprint density at radius 1 is 1.14 bits per heavy atom. The molecule has 3 atom stereocenters. The van der Waals surface area contributed by atoms with E-state index in [1.54, 1.807) is 0 Å². The standard InChI is InChI=1S/C12H23NS/c1-9-11(13)6-7-12(9)14-8-10-4-2-3-5-10/h9-12H,2-8,13H2,1H3. The molecule has 0 aromatic rings. The molecule has 2 aliphatic carbocycles. The molecule has 0 aromatic carbocycles. The monoisotopic (exact) mass is 213 g/mol. The normalized spacial score (nSPS) is 39.4. The van der Waals surface area contributed by atoms with E-state index in [1.807, 2.05) is 0 Å². The van der Waals surface area contributed by atoms with Crippen LogP contribution in [0.25, 0.3) is 0 Å². The van der Waals surface area contributed by atoms with Crippen LogP contribution in [0.2, 0.25) is 0 Å². The molecule has 0 heterocycles. The van der Waals surface area contributed by atoms with Crippen LogP contribution in [0.1, 0.15) is 45.4 Å². The van der Waals surface area contributed by atoms with Crippen molar-refractivity contribution < 1.29 is 0 Å². The summed E-state index contributed by atoms with van der Waals surface area (Å²) >= 11 is 2.21. The lowest BCUT2D eigenvalue weighted by molar-refractivity contribution is 0.533. The van der Waals surface area contributed by atoms with Crippen molar-refractivity contribution in [2.24, 2.45) is 17.6 Å². The maximum absolute atomic E-state index is 6.04. The fourth-order valence-corrected chi connectivity index (χ4v) is 4.49. The van der Waals surface area contributed by atoms with Gasteiger partial charge in [0.1, 0.15) is 0 Å². The summed E-state index contributed by atoms with van der Waals surface area (Å²) in [5.74, 6) is 3.19. The Morgan fingerprint density at radius 3 is 2.43 bits per heavy atom. The number of hydrogen-bond donors (Lipinski definition) is 1. The highest BCUT2D eigenvalue weighted by atomic mass is 32.2. The lowest BCUT2D eigenvalue weighted by Crippen LogP contribution is -2.26. The Morgan fingerprint density at radius 2 is 1.86 bits per heavy atom. The third-order valence-electron chi connectivity index (χ3n) is 4.07. The summed E-state index contributed by atoms with van der Waals surface area (Å²) in [6.07, 6.45) is 8.54. The van der Waals surface area contributed by atoms with Gasteiger partial charge in [0, 0.05) is 11.3 Å². The first kappa shape index (κ1) is 10.8. The number of thioether (sulfide) groups is 1. The highest BCUT2D eigenvalue weighted by Crippen LogP contribution is 2.37. The molecule has 0 bridgehead atoms. The van der Waals surface area contributed by atoms with Gasteiger partial charge >= 0.3 is 0 Å². The van der Waals surface area contributed by atoms with Crippen LogP contribution in [0.15, 0.2) is 0 Å². The summed E-state index contributed by atoms with van der Waals surface area (Å²) in [5, 5.41) is 0.866. The first-order valence-corrected chi connectivity index (χ1v) is 7.19. The number of rotatable bonds is 3. The van der Waals surface area contributed by atoms with Gasteiger partial charge in [-0.15, -0.1) is 0 Å². The molecular weight excluding hydrogens is 190 g/mol. The second kappa shape index (κ2) is 4.89. The number of nitrogens with two attached hydrogens (primary N) is 1. The average Bonchev–Trinajstić information content (AvgIpc) is 2.77. The molecule has 3 unspecified atom stereocenters. The minimum atomic E-state index is 0.482. The van der Waals surface area contributed by atoms with Crippen LogP contribution < -0.4 is 5.73 Å². The summed E-state index contributed by atoms with van der Waals surface area (Å²) in [5.41, 5.74) is 6.04. The van der Waals surface area contributed by atoms with E-state index in [-0.39, 0.29) is 0 Å². The van der Waals surface area contributed by atoms with Crippen LogP contribution in [0, 0.1) is 11.8 Å². The van der Waals surface area contributed by atoms with Crippen LogP contribution in [-0.2, 0) is 0 Å². The van der Waals surface area contributed by atoms with Crippen LogP contribution in [0.4, 0.5) is 0 Å². The molecule has 1 nitrogen and oxygen atoms in total. The third-order valence-corrected chi connectivity index (χ3v) is 5.82. The van der Waals surface area contributed by atoms with Crippen molar-refractivity contribution in [3.8, 4) is 0 Å². The second-order valence-electron chi connectivity index (χ2n) is 5.12. The van der Waals surface area contributed by atoms with E-state index in [2.05, 4.69) is 18.7 Å². The quantitative estimate of drug-likeness (QED) is 0.780. The van der Waals surface area contributed by atoms with Crippen molar-refractivity contribution in [1.29, 1.82) is 0 Å². The van der Waals surface area contributed by atoms with Gasteiger partial charge in [0.15, 0.2) is 0 Å². The van der Waals surface area contributed by atoms with E-state index in [0.717, 1.165) is 17.1 Å². The summed E-state index contributed by atoms with van der Waals surface area (Å²) in [6.45, 7) is 2.34. The molecule has 0 amide bonds. The second-order valence-corrected chi connectivity index (χ2v) is 6.39. The van der Waals surface area contributed by atoms with Crippen molar-refractivity contribution in [3.05, 3.63) is 0 Å². The molecule has 82 valence electrons. The Hall–Kier alpha value is 0.310. The first-order valence-electron chi connectivity index (χ1n) is 6.14. The van der Waals surface area contributed by atoms with Crippen molar-refractivity contribution in [2.45, 2.75) is 56.7 Å². The summed E-state index contributed by atoms with van der Waals surface area (Å²) in [7, 11) is 0. The maximum Gasteiger partial charge on any atom is 0.00881 e. The fraction of sp³-hybridized carbons (Fsp3) is 1.00. The van der Waals surface area contributed by atoms with Gasteiger partial charge in [-0.3, -0.25) is 0 Å². The number of hydrogen-bond acceptors (Lipinski definition) is 2. The predicted octanol–water partition coefficient (Wildman–Crippen LogP) is 3.04. The smallest absolute Gasteiger partial charge is 0.00881 e. The fourth-order valence-electron chi connectivity index (χ4n) is 2.83. The van der Waals surface area contributed by atoms with Gasteiger partial charge in [-0.2, -0.15) is 11.8 Å². The minimum absolute atomic E-state index is 0.482. The van der Waals surface area contributed by atoms with Crippen LogP contribution in [0.3, 0.4) is 0 Å². The molecular formula is C12H23NS. The van der Waals surface area contributed by atoms with Gasteiger partial charge in [-0.05, 0) is 43.3 Å². The molecule has 2 fully saturated rings. The molecule has 2 saturated carbocycles. The van der Waals surface area contributed by atoms with E-state index < -0.39 is 0 Å². The Labute approximate surface area is 92.2 Å². The molecule has 0 radical (unpaired) electrons. The molecule has 2 heteroatoms. The predicted molar refractivity (Wildman–Crippen MR) is 64.6 cm³/mol. The Balaban J connectivity index is 1.70. The molecule has 14 heavy (non-hydrogen) atoms. The van der Waals surface area contributed by atoms with Gasteiger partial charge in [-0.25, -0.2) is 0 Å². The zero-order chi connectivity index (χ0) is 9.97. The SMILES string of the molecule is CC1C(N)CCC1SCC1CCCC1. The summed E-state index contributed by atoms with van der Waals surface area (Å²) < 4.78 is 0. The van der Waals surface area contributed by atoms with E-state index in [1.165, 1.54) is 44.3 Å². The zero-order valence-electron chi connectivity index (χ0n) is 9.24. The highest BCUT2D eigenvalue weighted by Gasteiger charge is 2.31. The van der Waals surface area contributed by atoms with Crippen LogP contribution in [-0.4, -0.2) is 17.0 Å². The van der Waals surface area contributed by atoms with Crippen molar-refractivity contribution in [3.63, 3.8) is 0 Å². The van der Waals surface area contributed by atoms with E-state index in [4.69, 9.17) is 5.73 Å². The lowest BCUT2D eigenvalue weighted by atomic mass is 10.1. The molecule has 0 aromatic heterocycles. The zero-order valence-corrected chi connectivity index (χ0v) is 10.1. The Kier molecular flexibility index (Phi) is 3.78. The van der Waals surface area contributed by atoms with Gasteiger partial charge in [0.2, 0.25) is 0 Å². The average molecular weight is 213 g/mol. The topological polar surface area (TPSA) is 26.0 Å². The molecule has 0 spiro atoms. The van der Waals surface area contributed by atoms with E-state index >= 15 is 0 Å².